The number of halogens is 3. The summed E-state index contributed by atoms with van der Waals surface area (Å²) in [5.41, 5.74) is 0.485. The molecule has 28 heavy (non-hydrogen) atoms. The van der Waals surface area contributed by atoms with Crippen molar-refractivity contribution >= 4 is 6.09 Å². The Bertz CT molecular complexity index is 675. The largest absolute Gasteiger partial charge is 0.495 e. The highest BCUT2D eigenvalue weighted by Gasteiger charge is 2.46. The zero-order valence-electron chi connectivity index (χ0n) is 15.4. The van der Waals surface area contributed by atoms with Crippen molar-refractivity contribution in [1.29, 1.82) is 0 Å². The van der Waals surface area contributed by atoms with Crippen LogP contribution >= 0.6 is 0 Å². The molecule has 7 nitrogen and oxygen atoms in total. The molecule has 2 aliphatic rings. The molecule has 0 saturated carbocycles. The second-order valence-electron chi connectivity index (χ2n) is 7.10. The molecule has 0 aliphatic carbocycles. The lowest BCUT2D eigenvalue weighted by atomic mass is 9.84. The van der Waals surface area contributed by atoms with Gasteiger partial charge in [-0.1, -0.05) is 0 Å². The summed E-state index contributed by atoms with van der Waals surface area (Å²) in [5.74, 6) is 0.789. The van der Waals surface area contributed by atoms with Crippen LogP contribution < -0.4 is 4.74 Å². The van der Waals surface area contributed by atoms with Gasteiger partial charge < -0.3 is 24.2 Å². The number of ether oxygens (including phenoxy) is 3. The highest BCUT2D eigenvalue weighted by molar-refractivity contribution is 5.68. The Labute approximate surface area is 160 Å². The molecule has 1 N–H and O–H groups in total. The topological polar surface area (TPSA) is 81.1 Å². The predicted octanol–water partition coefficient (Wildman–Crippen LogP) is 2.49. The van der Waals surface area contributed by atoms with Gasteiger partial charge in [-0.2, -0.15) is 13.2 Å². The van der Waals surface area contributed by atoms with Crippen molar-refractivity contribution in [3.8, 4) is 5.75 Å². The summed E-state index contributed by atoms with van der Waals surface area (Å²) in [6.45, 7) is -0.327. The average molecular weight is 404 g/mol. The molecule has 1 aromatic heterocycles. The first-order chi connectivity index (χ1) is 13.3. The average Bonchev–Trinajstić information content (AvgIpc) is 3.09. The number of piperidine rings is 1. The first kappa shape index (κ1) is 20.7. The van der Waals surface area contributed by atoms with Crippen molar-refractivity contribution in [3.63, 3.8) is 0 Å². The minimum atomic E-state index is -4.80. The number of aliphatic hydroxyl groups excluding tert-OH is 1. The van der Waals surface area contributed by atoms with E-state index in [4.69, 9.17) is 14.6 Å². The van der Waals surface area contributed by atoms with E-state index in [0.717, 1.165) is 12.1 Å². The Morgan fingerprint density at radius 3 is 2.68 bits per heavy atom. The normalized spacial score (nSPS) is 22.9. The first-order valence-corrected chi connectivity index (χ1v) is 9.03. The standard InChI is InChI=1S/C18H23F3N2O5/c1-26-13-2-3-14(22-9-13)12-8-17(27-11-12)4-6-23(7-5-17)16(25)28-15(10-24)18(19,20)21/h2-3,9,12,15,24H,4-8,10-11H2,1H3/t12?,15-/m1/s1. The smallest absolute Gasteiger partial charge is 0.427 e. The van der Waals surface area contributed by atoms with Crippen LogP contribution in [-0.4, -0.2) is 72.4 Å². The quantitative estimate of drug-likeness (QED) is 0.831. The lowest BCUT2D eigenvalue weighted by molar-refractivity contribution is -0.215. The highest BCUT2D eigenvalue weighted by atomic mass is 19.4. The van der Waals surface area contributed by atoms with Crippen LogP contribution in [0.3, 0.4) is 0 Å². The summed E-state index contributed by atoms with van der Waals surface area (Å²) in [5, 5.41) is 8.80. The number of likely N-dealkylation sites (tertiary alicyclic amines) is 1. The molecule has 3 heterocycles. The van der Waals surface area contributed by atoms with Crippen molar-refractivity contribution in [2.24, 2.45) is 0 Å². The van der Waals surface area contributed by atoms with Gasteiger partial charge in [-0.25, -0.2) is 4.79 Å². The third-order valence-electron chi connectivity index (χ3n) is 5.33. The number of pyridine rings is 1. The van der Waals surface area contributed by atoms with E-state index in [0.29, 0.717) is 25.2 Å². The molecule has 0 bridgehead atoms. The molecule has 3 rings (SSSR count). The number of carbonyl (C=O) groups excluding carboxylic acids is 1. The van der Waals surface area contributed by atoms with Gasteiger partial charge in [0.25, 0.3) is 0 Å². The molecular formula is C18H23F3N2O5. The number of aliphatic hydroxyl groups is 1. The van der Waals surface area contributed by atoms with E-state index < -0.39 is 30.6 Å². The third-order valence-corrected chi connectivity index (χ3v) is 5.33. The number of amides is 1. The van der Waals surface area contributed by atoms with Gasteiger partial charge in [-0.15, -0.1) is 0 Å². The fourth-order valence-corrected chi connectivity index (χ4v) is 3.64. The Hall–Kier alpha value is -2.07. The van der Waals surface area contributed by atoms with Crippen LogP contribution in [0.1, 0.15) is 30.9 Å². The van der Waals surface area contributed by atoms with Crippen LogP contribution in [0, 0.1) is 0 Å². The van der Waals surface area contributed by atoms with Crippen molar-refractivity contribution in [2.45, 2.75) is 43.1 Å². The molecule has 2 atom stereocenters. The first-order valence-electron chi connectivity index (χ1n) is 9.03. The number of carbonyl (C=O) groups is 1. The van der Waals surface area contributed by atoms with Crippen LogP contribution in [-0.2, 0) is 9.47 Å². The summed E-state index contributed by atoms with van der Waals surface area (Å²) in [6.07, 6.45) is -4.99. The number of nitrogens with zero attached hydrogens (tertiary/aromatic N) is 2. The number of rotatable bonds is 4. The number of methoxy groups -OCH3 is 1. The van der Waals surface area contributed by atoms with Crippen molar-refractivity contribution in [1.82, 2.24) is 9.88 Å². The third kappa shape index (κ3) is 4.49. The molecule has 0 aromatic carbocycles. The van der Waals surface area contributed by atoms with Gasteiger partial charge >= 0.3 is 12.3 Å². The van der Waals surface area contributed by atoms with Gasteiger partial charge in [-0.3, -0.25) is 4.98 Å². The van der Waals surface area contributed by atoms with E-state index in [1.807, 2.05) is 12.1 Å². The Morgan fingerprint density at radius 2 is 2.14 bits per heavy atom. The van der Waals surface area contributed by atoms with Crippen molar-refractivity contribution < 1.29 is 37.3 Å². The van der Waals surface area contributed by atoms with Gasteiger partial charge in [0.2, 0.25) is 6.10 Å². The van der Waals surface area contributed by atoms with Gasteiger partial charge in [0.05, 0.1) is 32.1 Å². The van der Waals surface area contributed by atoms with Crippen LogP contribution in [0.4, 0.5) is 18.0 Å². The minimum Gasteiger partial charge on any atom is -0.495 e. The number of aromatic nitrogens is 1. The van der Waals surface area contributed by atoms with E-state index in [9.17, 15) is 18.0 Å². The molecule has 2 aliphatic heterocycles. The molecule has 156 valence electrons. The molecule has 2 saturated heterocycles. The van der Waals surface area contributed by atoms with Crippen LogP contribution in [0.2, 0.25) is 0 Å². The Morgan fingerprint density at radius 1 is 1.43 bits per heavy atom. The van der Waals surface area contributed by atoms with Gasteiger partial charge in [-0.05, 0) is 31.4 Å². The van der Waals surface area contributed by atoms with Crippen molar-refractivity contribution in [3.05, 3.63) is 24.0 Å². The maximum Gasteiger partial charge on any atom is 0.427 e. The zero-order valence-corrected chi connectivity index (χ0v) is 15.4. The number of hydrogen-bond acceptors (Lipinski definition) is 6. The van der Waals surface area contributed by atoms with E-state index in [-0.39, 0.29) is 19.0 Å². The van der Waals surface area contributed by atoms with E-state index in [2.05, 4.69) is 9.72 Å². The van der Waals surface area contributed by atoms with Gasteiger partial charge in [0, 0.05) is 24.7 Å². The zero-order chi connectivity index (χ0) is 20.4. The lowest BCUT2D eigenvalue weighted by Gasteiger charge is -2.38. The number of alkyl halides is 3. The van der Waals surface area contributed by atoms with Gasteiger partial charge in [0.1, 0.15) is 5.75 Å². The summed E-state index contributed by atoms with van der Waals surface area (Å²) >= 11 is 0. The minimum absolute atomic E-state index is 0.119. The molecule has 2 fully saturated rings. The lowest BCUT2D eigenvalue weighted by Crippen LogP contribution is -2.48. The molecule has 0 radical (unpaired) electrons. The maximum atomic E-state index is 12.7. The summed E-state index contributed by atoms with van der Waals surface area (Å²) in [4.78, 5) is 17.6. The number of hydrogen-bond donors (Lipinski definition) is 1. The highest BCUT2D eigenvalue weighted by Crippen LogP contribution is 2.42. The fraction of sp³-hybridized carbons (Fsp3) is 0.667. The van der Waals surface area contributed by atoms with Crippen LogP contribution in [0.25, 0.3) is 0 Å². The van der Waals surface area contributed by atoms with E-state index in [1.165, 1.54) is 4.90 Å². The van der Waals surface area contributed by atoms with E-state index >= 15 is 0 Å². The monoisotopic (exact) mass is 404 g/mol. The molecule has 1 spiro atoms. The molecule has 10 heteroatoms. The second kappa shape index (κ2) is 8.12. The predicted molar refractivity (Wildman–Crippen MR) is 91.0 cm³/mol. The summed E-state index contributed by atoms with van der Waals surface area (Å²) in [7, 11) is 1.57. The Kier molecular flexibility index (Phi) is 5.99. The van der Waals surface area contributed by atoms with Gasteiger partial charge in [0.15, 0.2) is 0 Å². The molecule has 1 amide bonds. The molecular weight excluding hydrogens is 381 g/mol. The summed E-state index contributed by atoms with van der Waals surface area (Å²) < 4.78 is 53.5. The maximum absolute atomic E-state index is 12.7. The second-order valence-corrected chi connectivity index (χ2v) is 7.10. The molecule has 1 unspecified atom stereocenters. The van der Waals surface area contributed by atoms with Crippen LogP contribution in [0.5, 0.6) is 5.75 Å². The van der Waals surface area contributed by atoms with E-state index in [1.54, 1.807) is 13.3 Å². The SMILES string of the molecule is COc1ccc(C2COC3(CCN(C(=O)O[C@H](CO)C(F)(F)F)CC3)C2)nc1. The van der Waals surface area contributed by atoms with Crippen LogP contribution in [0.15, 0.2) is 18.3 Å². The Balaban J connectivity index is 1.54. The van der Waals surface area contributed by atoms with Crippen molar-refractivity contribution in [2.75, 3.05) is 33.4 Å². The molecule has 1 aromatic rings. The fourth-order valence-electron chi connectivity index (χ4n) is 3.64. The summed E-state index contributed by atoms with van der Waals surface area (Å²) in [6, 6.07) is 3.73.